The summed E-state index contributed by atoms with van der Waals surface area (Å²) in [5, 5.41) is 7.24. The molecule has 2 N–H and O–H groups in total. The van der Waals surface area contributed by atoms with Gasteiger partial charge in [0.05, 0.1) is 0 Å². The lowest BCUT2D eigenvalue weighted by molar-refractivity contribution is 0.221. The summed E-state index contributed by atoms with van der Waals surface area (Å²) in [5.41, 5.74) is 1.74. The van der Waals surface area contributed by atoms with E-state index in [4.69, 9.17) is 11.6 Å². The van der Waals surface area contributed by atoms with Crippen LogP contribution in [0.3, 0.4) is 0 Å². The van der Waals surface area contributed by atoms with E-state index in [0.717, 1.165) is 45.0 Å². The summed E-state index contributed by atoms with van der Waals surface area (Å²) >= 11 is 6.08. The van der Waals surface area contributed by atoms with E-state index in [1.54, 1.807) is 12.1 Å². The van der Waals surface area contributed by atoms with Gasteiger partial charge < -0.3 is 10.6 Å². The number of hydrogen-bond donors (Lipinski definition) is 2. The molecule has 1 heterocycles. The van der Waals surface area contributed by atoms with Crippen molar-refractivity contribution in [3.8, 4) is 0 Å². The second-order valence-electron chi connectivity index (χ2n) is 6.86. The summed E-state index contributed by atoms with van der Waals surface area (Å²) in [6.45, 7) is 12.5. The van der Waals surface area contributed by atoms with Gasteiger partial charge in [0, 0.05) is 49.4 Å². The van der Waals surface area contributed by atoms with Crippen LogP contribution in [0, 0.1) is 5.82 Å². The quantitative estimate of drug-likeness (QED) is 0.431. The van der Waals surface area contributed by atoms with Crippen LogP contribution in [-0.2, 0) is 6.42 Å². The second-order valence-corrected chi connectivity index (χ2v) is 7.27. The molecule has 0 saturated carbocycles. The fourth-order valence-corrected chi connectivity index (χ4v) is 3.44. The predicted molar refractivity (Wildman–Crippen MR) is 109 cm³/mol. The summed E-state index contributed by atoms with van der Waals surface area (Å²) in [5.74, 6) is 0.522. The Hall–Kier alpha value is -1.59. The minimum Gasteiger partial charge on any atom is -0.357 e. The summed E-state index contributed by atoms with van der Waals surface area (Å²) in [7, 11) is 0. The number of benzene rings is 1. The molecule has 0 radical (unpaired) electrons. The first-order chi connectivity index (χ1) is 12.5. The normalized spacial score (nSPS) is 16.5. The van der Waals surface area contributed by atoms with E-state index in [1.807, 2.05) is 6.92 Å². The molecule has 0 atom stereocenters. The maximum absolute atomic E-state index is 13.8. The molecule has 6 heteroatoms. The van der Waals surface area contributed by atoms with Crippen molar-refractivity contribution in [2.45, 2.75) is 39.2 Å². The van der Waals surface area contributed by atoms with E-state index < -0.39 is 0 Å². The Balaban J connectivity index is 1.86. The number of halogens is 2. The lowest BCUT2D eigenvalue weighted by Gasteiger charge is -2.33. The van der Waals surface area contributed by atoms with E-state index in [1.165, 1.54) is 11.6 Å². The molecule has 144 valence electrons. The number of nitrogens with one attached hydrogen (secondary N) is 2. The molecule has 2 rings (SSSR count). The fourth-order valence-electron chi connectivity index (χ4n) is 3.18. The van der Waals surface area contributed by atoms with Gasteiger partial charge in [0.25, 0.3) is 0 Å². The predicted octanol–water partition coefficient (Wildman–Crippen LogP) is 3.62. The molecule has 4 nitrogen and oxygen atoms in total. The summed E-state index contributed by atoms with van der Waals surface area (Å²) < 4.78 is 13.8. The van der Waals surface area contributed by atoms with Crippen molar-refractivity contribution >= 4 is 17.6 Å². The number of hydrogen-bond acceptors (Lipinski definition) is 2. The minimum absolute atomic E-state index is 0.268. The lowest BCUT2D eigenvalue weighted by Crippen LogP contribution is -2.49. The molecule has 1 aliphatic rings. The van der Waals surface area contributed by atoms with Gasteiger partial charge in [-0.2, -0.15) is 0 Å². The van der Waals surface area contributed by atoms with Gasteiger partial charge in [-0.25, -0.2) is 4.39 Å². The van der Waals surface area contributed by atoms with Crippen LogP contribution in [0.4, 0.5) is 4.39 Å². The van der Waals surface area contributed by atoms with Gasteiger partial charge in [0.15, 0.2) is 5.96 Å². The largest absolute Gasteiger partial charge is 0.357 e. The van der Waals surface area contributed by atoms with Crippen molar-refractivity contribution in [3.63, 3.8) is 0 Å². The van der Waals surface area contributed by atoms with E-state index in [9.17, 15) is 4.39 Å². The van der Waals surface area contributed by atoms with E-state index in [-0.39, 0.29) is 5.82 Å². The van der Waals surface area contributed by atoms with Crippen LogP contribution in [0.1, 0.15) is 32.3 Å². The Kier molecular flexibility index (Phi) is 8.39. The molecule has 0 spiro atoms. The van der Waals surface area contributed by atoms with Crippen LogP contribution in [0.15, 0.2) is 35.3 Å². The van der Waals surface area contributed by atoms with E-state index >= 15 is 0 Å². The molecule has 1 saturated heterocycles. The van der Waals surface area contributed by atoms with Gasteiger partial charge in [-0.05, 0) is 45.2 Å². The average Bonchev–Trinajstić information content (AvgIpc) is 2.59. The first kappa shape index (κ1) is 20.7. The third kappa shape index (κ3) is 6.61. The smallest absolute Gasteiger partial charge is 0.191 e. The summed E-state index contributed by atoms with van der Waals surface area (Å²) in [4.78, 5) is 7.03. The maximum atomic E-state index is 13.8. The number of nitrogens with zero attached hydrogens (tertiary/aromatic N) is 2. The highest BCUT2D eigenvalue weighted by atomic mass is 35.5. The van der Waals surface area contributed by atoms with Crippen LogP contribution in [0.25, 0.3) is 0 Å². The zero-order chi connectivity index (χ0) is 18.9. The molecular weight excluding hydrogens is 351 g/mol. The summed E-state index contributed by atoms with van der Waals surface area (Å²) in [6.07, 6.45) is 2.65. The number of guanidine groups is 1. The fraction of sp³-hybridized carbons (Fsp3) is 0.550. The molecule has 1 aromatic carbocycles. The van der Waals surface area contributed by atoms with Gasteiger partial charge in [0.1, 0.15) is 5.82 Å². The highest BCUT2D eigenvalue weighted by Gasteiger charge is 2.19. The van der Waals surface area contributed by atoms with Crippen molar-refractivity contribution in [3.05, 3.63) is 46.8 Å². The van der Waals surface area contributed by atoms with Gasteiger partial charge in [-0.15, -0.1) is 0 Å². The highest BCUT2D eigenvalue weighted by molar-refractivity contribution is 6.31. The van der Waals surface area contributed by atoms with Gasteiger partial charge >= 0.3 is 0 Å². The molecule has 0 amide bonds. The standard InChI is InChI=1S/C20H30ClFN4/c1-4-23-20(24-11-8-17-18(21)6-5-7-19(17)22)25-16-9-12-26(13-10-16)14-15(2)3/h5-7,16H,2,4,8-14H2,1,3H3,(H2,23,24,25). The SMILES string of the molecule is C=C(C)CN1CCC(NC(=NCCc2c(F)cccc2Cl)NCC)CC1. The summed E-state index contributed by atoms with van der Waals surface area (Å²) in [6, 6.07) is 5.18. The molecule has 0 bridgehead atoms. The molecule has 0 aromatic heterocycles. The van der Waals surface area contributed by atoms with Gasteiger partial charge in [-0.1, -0.05) is 29.8 Å². The van der Waals surface area contributed by atoms with Crippen molar-refractivity contribution < 1.29 is 4.39 Å². The highest BCUT2D eigenvalue weighted by Crippen LogP contribution is 2.19. The molecule has 26 heavy (non-hydrogen) atoms. The van der Waals surface area contributed by atoms with Crippen molar-refractivity contribution in [1.29, 1.82) is 0 Å². The van der Waals surface area contributed by atoms with Crippen LogP contribution >= 0.6 is 11.6 Å². The third-order valence-electron chi connectivity index (χ3n) is 4.46. The first-order valence-corrected chi connectivity index (χ1v) is 9.71. The first-order valence-electron chi connectivity index (χ1n) is 9.34. The van der Waals surface area contributed by atoms with Crippen LogP contribution in [-0.4, -0.2) is 49.6 Å². The second kappa shape index (κ2) is 10.5. The van der Waals surface area contributed by atoms with E-state index in [2.05, 4.69) is 34.0 Å². The van der Waals surface area contributed by atoms with Crippen molar-refractivity contribution in [1.82, 2.24) is 15.5 Å². The Morgan fingerprint density at radius 2 is 2.12 bits per heavy atom. The monoisotopic (exact) mass is 380 g/mol. The molecule has 0 aliphatic carbocycles. The number of piperidine rings is 1. The van der Waals surface area contributed by atoms with Crippen molar-refractivity contribution in [2.24, 2.45) is 4.99 Å². The van der Waals surface area contributed by atoms with E-state index in [0.29, 0.717) is 29.6 Å². The molecular formula is C20H30ClFN4. The number of likely N-dealkylation sites (tertiary alicyclic amines) is 1. The number of rotatable bonds is 7. The minimum atomic E-state index is -0.268. The van der Waals surface area contributed by atoms with Crippen LogP contribution in [0.5, 0.6) is 0 Å². The zero-order valence-corrected chi connectivity index (χ0v) is 16.6. The van der Waals surface area contributed by atoms with Gasteiger partial charge in [-0.3, -0.25) is 9.89 Å². The number of aliphatic imine (C=N–C) groups is 1. The topological polar surface area (TPSA) is 39.7 Å². The van der Waals surface area contributed by atoms with Gasteiger partial charge in [0.2, 0.25) is 0 Å². The Morgan fingerprint density at radius 3 is 2.73 bits per heavy atom. The van der Waals surface area contributed by atoms with Crippen molar-refractivity contribution in [2.75, 3.05) is 32.7 Å². The Labute approximate surface area is 161 Å². The molecule has 1 aliphatic heterocycles. The molecule has 1 aromatic rings. The van der Waals surface area contributed by atoms with Crippen LogP contribution in [0.2, 0.25) is 5.02 Å². The maximum Gasteiger partial charge on any atom is 0.191 e. The average molecular weight is 381 g/mol. The lowest BCUT2D eigenvalue weighted by atomic mass is 10.0. The Morgan fingerprint density at radius 1 is 1.38 bits per heavy atom. The van der Waals surface area contributed by atoms with Crippen LogP contribution < -0.4 is 10.6 Å². The zero-order valence-electron chi connectivity index (χ0n) is 15.8. The molecule has 0 unspecified atom stereocenters. The molecule has 1 fully saturated rings. The third-order valence-corrected chi connectivity index (χ3v) is 4.81. The Bertz CT molecular complexity index is 604.